The molecule has 2 aliphatic heterocycles. The zero-order valence-electron chi connectivity index (χ0n) is 12.4. The van der Waals surface area contributed by atoms with Crippen LogP contribution in [0.1, 0.15) is 12.8 Å². The Hall–Kier alpha value is -1.09. The fourth-order valence-corrected chi connectivity index (χ4v) is 3.18. The fourth-order valence-electron chi connectivity index (χ4n) is 3.18. The van der Waals surface area contributed by atoms with Gasteiger partial charge in [-0.25, -0.2) is 0 Å². The van der Waals surface area contributed by atoms with Crippen LogP contribution in [0.4, 0.5) is 0 Å². The highest BCUT2D eigenvalue weighted by Crippen LogP contribution is 2.32. The van der Waals surface area contributed by atoms with Crippen molar-refractivity contribution in [3.63, 3.8) is 0 Å². The van der Waals surface area contributed by atoms with E-state index >= 15 is 0 Å². The molecular formula is C15H25N3O2. The van der Waals surface area contributed by atoms with Crippen molar-refractivity contribution in [3.8, 4) is 12.3 Å². The fraction of sp³-hybridized carbons (Fsp3) is 0.800. The first-order valence-electron chi connectivity index (χ1n) is 7.37. The summed E-state index contributed by atoms with van der Waals surface area (Å²) < 4.78 is 5.34. The molecule has 2 fully saturated rings. The highest BCUT2D eigenvalue weighted by Gasteiger charge is 2.42. The SMILES string of the molecule is C#CCN1CCN(C(=O)C2(COC)CCNCC2)CC1. The molecule has 1 N–H and O–H groups in total. The number of carbonyl (C=O) groups is 1. The van der Waals surface area contributed by atoms with Gasteiger partial charge in [0.2, 0.25) is 5.91 Å². The first kappa shape index (κ1) is 15.3. The minimum Gasteiger partial charge on any atom is -0.384 e. The van der Waals surface area contributed by atoms with E-state index in [0.717, 1.165) is 52.1 Å². The summed E-state index contributed by atoms with van der Waals surface area (Å²) in [6.07, 6.45) is 7.07. The van der Waals surface area contributed by atoms with Crippen molar-refractivity contribution in [1.82, 2.24) is 15.1 Å². The first-order chi connectivity index (χ1) is 9.72. The molecule has 0 aromatic heterocycles. The molecular weight excluding hydrogens is 254 g/mol. The zero-order chi connectivity index (χ0) is 14.4. The second kappa shape index (κ2) is 7.07. The number of piperidine rings is 1. The van der Waals surface area contributed by atoms with Gasteiger partial charge in [0.15, 0.2) is 0 Å². The van der Waals surface area contributed by atoms with E-state index < -0.39 is 0 Å². The molecule has 0 aliphatic carbocycles. The molecule has 5 heteroatoms. The molecule has 2 heterocycles. The number of carbonyl (C=O) groups excluding carboxylic acids is 1. The second-order valence-corrected chi connectivity index (χ2v) is 5.74. The highest BCUT2D eigenvalue weighted by molar-refractivity contribution is 5.83. The van der Waals surface area contributed by atoms with Crippen LogP contribution >= 0.6 is 0 Å². The minimum atomic E-state index is -0.325. The molecule has 2 saturated heterocycles. The maximum Gasteiger partial charge on any atom is 0.231 e. The van der Waals surface area contributed by atoms with E-state index in [4.69, 9.17) is 11.2 Å². The summed E-state index contributed by atoms with van der Waals surface area (Å²) in [7, 11) is 1.68. The standard InChI is InChI=1S/C15H25N3O2/c1-3-8-17-9-11-18(12-10-17)14(19)15(13-20-2)4-6-16-7-5-15/h1,16H,4-13H2,2H3. The molecule has 0 spiro atoms. The summed E-state index contributed by atoms with van der Waals surface area (Å²) in [5.74, 6) is 2.93. The molecule has 112 valence electrons. The Morgan fingerprint density at radius 2 is 1.95 bits per heavy atom. The van der Waals surface area contributed by atoms with Crippen LogP contribution in [-0.4, -0.2) is 75.2 Å². The molecule has 0 bridgehead atoms. The Kier molecular flexibility index (Phi) is 5.41. The minimum absolute atomic E-state index is 0.265. The predicted molar refractivity (Wildman–Crippen MR) is 78.3 cm³/mol. The number of nitrogens with one attached hydrogen (secondary N) is 1. The number of hydrogen-bond acceptors (Lipinski definition) is 4. The number of piperazine rings is 1. The molecule has 20 heavy (non-hydrogen) atoms. The number of methoxy groups -OCH3 is 1. The van der Waals surface area contributed by atoms with Gasteiger partial charge in [0.1, 0.15) is 0 Å². The quantitative estimate of drug-likeness (QED) is 0.723. The Bertz CT molecular complexity index is 358. The molecule has 2 aliphatic rings. The van der Waals surface area contributed by atoms with Gasteiger partial charge >= 0.3 is 0 Å². The average molecular weight is 279 g/mol. The van der Waals surface area contributed by atoms with Crippen LogP contribution in [0, 0.1) is 17.8 Å². The van der Waals surface area contributed by atoms with E-state index in [1.807, 2.05) is 4.90 Å². The van der Waals surface area contributed by atoms with Crippen molar-refractivity contribution in [2.75, 3.05) is 59.5 Å². The number of amides is 1. The summed E-state index contributed by atoms with van der Waals surface area (Å²) >= 11 is 0. The van der Waals surface area contributed by atoms with Gasteiger partial charge in [0.25, 0.3) is 0 Å². The van der Waals surface area contributed by atoms with Crippen molar-refractivity contribution in [2.24, 2.45) is 5.41 Å². The second-order valence-electron chi connectivity index (χ2n) is 5.74. The van der Waals surface area contributed by atoms with E-state index in [1.54, 1.807) is 7.11 Å². The Labute approximate surface area is 121 Å². The molecule has 0 saturated carbocycles. The van der Waals surface area contributed by atoms with Crippen LogP contribution < -0.4 is 5.32 Å². The molecule has 0 radical (unpaired) electrons. The summed E-state index contributed by atoms with van der Waals surface area (Å²) in [6.45, 7) is 6.29. The molecule has 0 aromatic carbocycles. The van der Waals surface area contributed by atoms with E-state index in [2.05, 4.69) is 16.1 Å². The van der Waals surface area contributed by atoms with Crippen LogP contribution in [-0.2, 0) is 9.53 Å². The van der Waals surface area contributed by atoms with E-state index in [-0.39, 0.29) is 11.3 Å². The van der Waals surface area contributed by atoms with Gasteiger partial charge in [-0.2, -0.15) is 0 Å². The molecule has 1 amide bonds. The lowest BCUT2D eigenvalue weighted by atomic mass is 9.78. The van der Waals surface area contributed by atoms with E-state index in [9.17, 15) is 4.79 Å². The van der Waals surface area contributed by atoms with Crippen LogP contribution in [0.5, 0.6) is 0 Å². The molecule has 0 atom stereocenters. The summed E-state index contributed by atoms with van der Waals surface area (Å²) in [5, 5.41) is 3.32. The smallest absolute Gasteiger partial charge is 0.231 e. The zero-order valence-corrected chi connectivity index (χ0v) is 12.4. The van der Waals surface area contributed by atoms with Gasteiger partial charge in [-0.15, -0.1) is 6.42 Å². The Balaban J connectivity index is 1.97. The third-order valence-electron chi connectivity index (χ3n) is 4.41. The van der Waals surface area contributed by atoms with E-state index in [0.29, 0.717) is 13.2 Å². The topological polar surface area (TPSA) is 44.8 Å². The number of rotatable bonds is 4. The van der Waals surface area contributed by atoms with Gasteiger partial charge in [-0.3, -0.25) is 9.69 Å². The van der Waals surface area contributed by atoms with Crippen LogP contribution in [0.25, 0.3) is 0 Å². The van der Waals surface area contributed by atoms with Crippen LogP contribution in [0.2, 0.25) is 0 Å². The van der Waals surface area contributed by atoms with Gasteiger partial charge in [0.05, 0.1) is 18.6 Å². The lowest BCUT2D eigenvalue weighted by Gasteiger charge is -2.42. The van der Waals surface area contributed by atoms with Crippen molar-refractivity contribution in [1.29, 1.82) is 0 Å². The maximum atomic E-state index is 12.9. The van der Waals surface area contributed by atoms with Crippen molar-refractivity contribution in [2.45, 2.75) is 12.8 Å². The summed E-state index contributed by atoms with van der Waals surface area (Å²) in [6, 6.07) is 0. The monoisotopic (exact) mass is 279 g/mol. The third-order valence-corrected chi connectivity index (χ3v) is 4.41. The van der Waals surface area contributed by atoms with Crippen LogP contribution in [0.15, 0.2) is 0 Å². The third kappa shape index (κ3) is 3.32. The molecule has 0 unspecified atom stereocenters. The molecule has 0 aromatic rings. The predicted octanol–water partition coefficient (Wildman–Crippen LogP) is -0.220. The van der Waals surface area contributed by atoms with Gasteiger partial charge in [-0.1, -0.05) is 5.92 Å². The Morgan fingerprint density at radius 3 is 2.50 bits per heavy atom. The Morgan fingerprint density at radius 1 is 1.30 bits per heavy atom. The van der Waals surface area contributed by atoms with E-state index in [1.165, 1.54) is 0 Å². The van der Waals surface area contributed by atoms with Crippen LogP contribution in [0.3, 0.4) is 0 Å². The van der Waals surface area contributed by atoms with Crippen molar-refractivity contribution < 1.29 is 9.53 Å². The number of ether oxygens (including phenoxy) is 1. The van der Waals surface area contributed by atoms with Gasteiger partial charge in [0, 0.05) is 33.3 Å². The lowest BCUT2D eigenvalue weighted by Crippen LogP contribution is -2.56. The number of terminal acetylenes is 1. The first-order valence-corrected chi connectivity index (χ1v) is 7.37. The number of hydrogen-bond donors (Lipinski definition) is 1. The summed E-state index contributed by atoms with van der Waals surface area (Å²) in [5.41, 5.74) is -0.325. The normalized spacial score (nSPS) is 23.3. The number of nitrogens with zero attached hydrogens (tertiary/aromatic N) is 2. The van der Waals surface area contributed by atoms with Gasteiger partial charge in [-0.05, 0) is 25.9 Å². The largest absolute Gasteiger partial charge is 0.384 e. The van der Waals surface area contributed by atoms with Crippen molar-refractivity contribution >= 4 is 5.91 Å². The maximum absolute atomic E-state index is 12.9. The molecule has 5 nitrogen and oxygen atoms in total. The van der Waals surface area contributed by atoms with Gasteiger partial charge < -0.3 is 15.0 Å². The molecule has 2 rings (SSSR count). The lowest BCUT2D eigenvalue weighted by molar-refractivity contribution is -0.149. The highest BCUT2D eigenvalue weighted by atomic mass is 16.5. The van der Waals surface area contributed by atoms with Crippen molar-refractivity contribution in [3.05, 3.63) is 0 Å². The summed E-state index contributed by atoms with van der Waals surface area (Å²) in [4.78, 5) is 17.1. The average Bonchev–Trinajstić information content (AvgIpc) is 2.49.